The van der Waals surface area contributed by atoms with Gasteiger partial charge in [-0.25, -0.2) is 5.43 Å². The monoisotopic (exact) mass is 503 g/mol. The van der Waals surface area contributed by atoms with Crippen LogP contribution in [0.2, 0.25) is 0 Å². The van der Waals surface area contributed by atoms with E-state index in [0.29, 0.717) is 35.8 Å². The third-order valence-corrected chi connectivity index (χ3v) is 6.08. The number of nitrogens with zero attached hydrogens (tertiary/aromatic N) is 6. The van der Waals surface area contributed by atoms with Crippen LogP contribution in [0.15, 0.2) is 21.7 Å². The van der Waals surface area contributed by atoms with Gasteiger partial charge < -0.3 is 19.6 Å². The lowest BCUT2D eigenvalue weighted by molar-refractivity contribution is 0.317. The number of benzene rings is 1. The van der Waals surface area contributed by atoms with Gasteiger partial charge in [0.2, 0.25) is 17.8 Å². The van der Waals surface area contributed by atoms with Gasteiger partial charge in [-0.3, -0.25) is 0 Å². The van der Waals surface area contributed by atoms with E-state index >= 15 is 0 Å². The van der Waals surface area contributed by atoms with Crippen molar-refractivity contribution in [2.75, 3.05) is 48.0 Å². The van der Waals surface area contributed by atoms with Crippen LogP contribution >= 0.6 is 15.9 Å². The van der Waals surface area contributed by atoms with Gasteiger partial charge in [-0.1, -0.05) is 15.9 Å². The second kappa shape index (κ2) is 10.8. The number of aromatic hydroxyl groups is 1. The highest BCUT2D eigenvalue weighted by Gasteiger charge is 2.20. The molecule has 4 rings (SSSR count). The molecule has 0 atom stereocenters. The van der Waals surface area contributed by atoms with E-state index in [0.717, 1.165) is 56.3 Å². The molecule has 2 aliphatic rings. The molecular weight excluding hydrogens is 474 g/mol. The van der Waals surface area contributed by atoms with Crippen LogP contribution in [0, 0.1) is 0 Å². The second-order valence-electron chi connectivity index (χ2n) is 8.00. The number of ether oxygens (including phenoxy) is 1. The molecule has 0 saturated carbocycles. The molecule has 3 heterocycles. The summed E-state index contributed by atoms with van der Waals surface area (Å²) in [6.07, 6.45) is 8.62. The molecule has 2 aromatic rings. The number of halogens is 1. The maximum Gasteiger partial charge on any atom is 0.250 e. The molecule has 0 amide bonds. The van der Waals surface area contributed by atoms with Crippen molar-refractivity contribution in [1.82, 2.24) is 15.0 Å². The molecule has 2 saturated heterocycles. The van der Waals surface area contributed by atoms with E-state index in [1.54, 1.807) is 12.1 Å². The van der Waals surface area contributed by atoms with Crippen LogP contribution in [0.3, 0.4) is 0 Å². The van der Waals surface area contributed by atoms with Crippen molar-refractivity contribution >= 4 is 40.0 Å². The van der Waals surface area contributed by atoms with Crippen molar-refractivity contribution in [2.45, 2.75) is 45.4 Å². The van der Waals surface area contributed by atoms with Gasteiger partial charge in [-0.2, -0.15) is 20.1 Å². The van der Waals surface area contributed by atoms with Crippen LogP contribution in [-0.2, 0) is 0 Å². The fourth-order valence-corrected chi connectivity index (χ4v) is 4.45. The summed E-state index contributed by atoms with van der Waals surface area (Å²) in [5, 5.41) is 14.7. The van der Waals surface area contributed by atoms with Gasteiger partial charge in [0, 0.05) is 36.2 Å². The lowest BCUT2D eigenvalue weighted by Crippen LogP contribution is -2.34. The standard InChI is InChI=1S/C22H30BrN7O2/c1-2-32-18-14-17(23)13-16(19(18)31)15-24-28-20-25-21(29-9-5-3-6-10-29)27-22(26-20)30-11-7-4-8-12-30/h13-15,31H,2-12H2,1H3,(H,25,26,27,28). The first-order valence-corrected chi connectivity index (χ1v) is 12.1. The largest absolute Gasteiger partial charge is 0.504 e. The fourth-order valence-electron chi connectivity index (χ4n) is 3.99. The summed E-state index contributed by atoms with van der Waals surface area (Å²) in [5.41, 5.74) is 3.46. The first-order chi connectivity index (χ1) is 15.6. The zero-order valence-electron chi connectivity index (χ0n) is 18.4. The third kappa shape index (κ3) is 5.59. The minimum absolute atomic E-state index is 0.0410. The van der Waals surface area contributed by atoms with Crippen molar-refractivity contribution in [2.24, 2.45) is 5.10 Å². The normalized spacial score (nSPS) is 17.1. The summed E-state index contributed by atoms with van der Waals surface area (Å²) in [4.78, 5) is 18.5. The predicted molar refractivity (Wildman–Crippen MR) is 130 cm³/mol. The highest BCUT2D eigenvalue weighted by atomic mass is 79.9. The Morgan fingerprint density at radius 3 is 2.16 bits per heavy atom. The van der Waals surface area contributed by atoms with Gasteiger partial charge >= 0.3 is 0 Å². The fraction of sp³-hybridized carbons (Fsp3) is 0.545. The molecular formula is C22H30BrN7O2. The van der Waals surface area contributed by atoms with Crippen molar-refractivity contribution in [3.8, 4) is 11.5 Å². The first-order valence-electron chi connectivity index (χ1n) is 11.3. The molecule has 1 aromatic carbocycles. The Morgan fingerprint density at radius 2 is 1.59 bits per heavy atom. The summed E-state index contributed by atoms with van der Waals surface area (Å²) in [5.74, 6) is 2.24. The lowest BCUT2D eigenvalue weighted by Gasteiger charge is -2.30. The van der Waals surface area contributed by atoms with E-state index in [-0.39, 0.29) is 5.75 Å². The number of hydrogen-bond donors (Lipinski definition) is 2. The molecule has 2 fully saturated rings. The minimum Gasteiger partial charge on any atom is -0.504 e. The quantitative estimate of drug-likeness (QED) is 0.429. The number of piperidine rings is 2. The molecule has 1 aromatic heterocycles. The van der Waals surface area contributed by atoms with Gasteiger partial charge in [0.05, 0.1) is 12.8 Å². The summed E-state index contributed by atoms with van der Waals surface area (Å²) >= 11 is 3.44. The van der Waals surface area contributed by atoms with Crippen molar-refractivity contribution < 1.29 is 9.84 Å². The molecule has 10 heteroatoms. The Labute approximate surface area is 197 Å². The predicted octanol–water partition coefficient (Wildman–Crippen LogP) is 4.17. The lowest BCUT2D eigenvalue weighted by atomic mass is 10.1. The Hall–Kier alpha value is -2.62. The number of anilines is 3. The maximum atomic E-state index is 10.5. The molecule has 0 aliphatic carbocycles. The molecule has 0 spiro atoms. The number of aromatic nitrogens is 3. The topological polar surface area (TPSA) is 99.0 Å². The van der Waals surface area contributed by atoms with E-state index in [2.05, 4.69) is 46.2 Å². The highest BCUT2D eigenvalue weighted by Crippen LogP contribution is 2.33. The zero-order chi connectivity index (χ0) is 22.3. The maximum absolute atomic E-state index is 10.5. The summed E-state index contributed by atoms with van der Waals surface area (Å²) in [7, 11) is 0. The van der Waals surface area contributed by atoms with E-state index in [4.69, 9.17) is 9.72 Å². The Bertz CT molecular complexity index is 908. The van der Waals surface area contributed by atoms with Crippen molar-refractivity contribution in [1.29, 1.82) is 0 Å². The van der Waals surface area contributed by atoms with Crippen LogP contribution in [0.5, 0.6) is 11.5 Å². The third-order valence-electron chi connectivity index (χ3n) is 5.63. The van der Waals surface area contributed by atoms with Gasteiger partial charge in [0.1, 0.15) is 0 Å². The Morgan fingerprint density at radius 1 is 1.00 bits per heavy atom. The van der Waals surface area contributed by atoms with E-state index in [9.17, 15) is 5.11 Å². The van der Waals surface area contributed by atoms with Crippen LogP contribution < -0.4 is 20.0 Å². The summed E-state index contributed by atoms with van der Waals surface area (Å²) in [6.45, 7) is 6.16. The average Bonchev–Trinajstić information content (AvgIpc) is 2.83. The van der Waals surface area contributed by atoms with E-state index in [1.807, 2.05) is 6.92 Å². The van der Waals surface area contributed by atoms with E-state index in [1.165, 1.54) is 19.1 Å². The molecule has 0 bridgehead atoms. The van der Waals surface area contributed by atoms with Gasteiger partial charge in [0.15, 0.2) is 11.5 Å². The molecule has 2 N–H and O–H groups in total. The Balaban J connectivity index is 1.57. The number of phenols is 1. The van der Waals surface area contributed by atoms with Crippen LogP contribution in [0.4, 0.5) is 17.8 Å². The van der Waals surface area contributed by atoms with Crippen LogP contribution in [-0.4, -0.2) is 59.1 Å². The van der Waals surface area contributed by atoms with Gasteiger partial charge in [-0.05, 0) is 57.6 Å². The number of hydrogen-bond acceptors (Lipinski definition) is 9. The Kier molecular flexibility index (Phi) is 7.62. The van der Waals surface area contributed by atoms with Crippen molar-refractivity contribution in [3.63, 3.8) is 0 Å². The zero-order valence-corrected chi connectivity index (χ0v) is 20.0. The number of nitrogens with one attached hydrogen (secondary N) is 1. The van der Waals surface area contributed by atoms with Gasteiger partial charge in [0.25, 0.3) is 0 Å². The summed E-state index contributed by atoms with van der Waals surface area (Å²) in [6, 6.07) is 3.50. The second-order valence-corrected chi connectivity index (χ2v) is 8.91. The van der Waals surface area contributed by atoms with Crippen LogP contribution in [0.25, 0.3) is 0 Å². The number of rotatable bonds is 7. The number of phenolic OH excluding ortho intramolecular Hbond substituents is 1. The molecule has 0 radical (unpaired) electrons. The molecule has 0 unspecified atom stereocenters. The molecule has 9 nitrogen and oxygen atoms in total. The SMILES string of the molecule is CCOc1cc(Br)cc(C=NNc2nc(N3CCCCC3)nc(N3CCCCC3)n2)c1O. The highest BCUT2D eigenvalue weighted by molar-refractivity contribution is 9.10. The average molecular weight is 504 g/mol. The van der Waals surface area contributed by atoms with Crippen molar-refractivity contribution in [3.05, 3.63) is 22.2 Å². The molecule has 172 valence electrons. The smallest absolute Gasteiger partial charge is 0.250 e. The van der Waals surface area contributed by atoms with E-state index < -0.39 is 0 Å². The molecule has 32 heavy (non-hydrogen) atoms. The minimum atomic E-state index is 0.0410. The summed E-state index contributed by atoms with van der Waals surface area (Å²) < 4.78 is 6.27. The first kappa shape index (κ1) is 22.6. The molecule has 2 aliphatic heterocycles. The van der Waals surface area contributed by atoms with Gasteiger partial charge in [-0.15, -0.1) is 0 Å². The van der Waals surface area contributed by atoms with Crippen LogP contribution in [0.1, 0.15) is 51.0 Å². The number of hydrazone groups is 1.